The molecule has 2 fully saturated rings. The second kappa shape index (κ2) is 25.9. The summed E-state index contributed by atoms with van der Waals surface area (Å²) in [4.78, 5) is 91.8. The van der Waals surface area contributed by atoms with Crippen LogP contribution in [0.1, 0.15) is 133 Å². The SMILES string of the molecule is CC[C@@H](C)C(=O)N[C@H](C(=O)N1CCC[C@H]1CN(CCc1ccccc1)C(=O)c1ccc(-c2ccc(C(=O)N(CCc3ccccc3)C[C@@H]3CCCN3C(=O)[C@@H](CC(=O)[C@H](C)NC)C(C)(C)C)cc2)cc1)C(C)(C)C. The van der Waals surface area contributed by atoms with Crippen molar-refractivity contribution in [3.63, 3.8) is 0 Å². The third-order valence-corrected chi connectivity index (χ3v) is 15.5. The molecule has 2 N–H and O–H groups in total. The number of carbonyl (C=O) groups excluding carboxylic acids is 6. The summed E-state index contributed by atoms with van der Waals surface area (Å²) in [5.41, 5.74) is 4.18. The van der Waals surface area contributed by atoms with E-state index in [1.54, 1.807) is 7.05 Å². The minimum atomic E-state index is -0.694. The zero-order valence-corrected chi connectivity index (χ0v) is 46.0. The number of nitrogens with zero attached hydrogens (tertiary/aromatic N) is 4. The van der Waals surface area contributed by atoms with Gasteiger partial charge in [0.05, 0.1) is 6.04 Å². The highest BCUT2D eigenvalue weighted by Gasteiger charge is 2.42. The van der Waals surface area contributed by atoms with Crippen LogP contribution in [0.5, 0.6) is 0 Å². The molecular weight excluding hydrogens is 925 g/mol. The first kappa shape index (κ1) is 57.1. The summed E-state index contributed by atoms with van der Waals surface area (Å²) in [6, 6.07) is 34.0. The van der Waals surface area contributed by atoms with E-state index < -0.39 is 22.8 Å². The van der Waals surface area contributed by atoms with Crippen molar-refractivity contribution in [2.24, 2.45) is 22.7 Å². The lowest BCUT2D eigenvalue weighted by Gasteiger charge is -2.37. The molecule has 0 saturated carbocycles. The maximum Gasteiger partial charge on any atom is 0.253 e. The minimum Gasteiger partial charge on any atom is -0.344 e. The fourth-order valence-corrected chi connectivity index (χ4v) is 10.3. The standard InChI is InChI=1S/C62H84N6O6/c1-11-43(2)56(70)64-55(62(7,8)9)60(74)68-37-19-25-52(68)42-66(39-35-46-22-16-13-17-23-46)58(72)50-32-28-48(29-33-50)47-26-30-49(31-27-47)57(71)65(38-34-45-20-14-12-15-21-45)41-51-24-18-36-67(51)59(73)53(61(4,5)6)40-54(69)44(3)63-10/h12-17,20-23,26-33,43-44,51-53,55,63H,11,18-19,24-25,34-42H2,1-10H3,(H,64,70)/t43-,44+,51+,52+,53-,55-/m1/s1. The van der Waals surface area contributed by atoms with Crippen molar-refractivity contribution in [1.82, 2.24) is 30.2 Å². The van der Waals surface area contributed by atoms with Crippen LogP contribution in [-0.4, -0.2) is 125 Å². The van der Waals surface area contributed by atoms with Gasteiger partial charge in [0.1, 0.15) is 11.8 Å². The second-order valence-corrected chi connectivity index (χ2v) is 23.0. The number of hydrogen-bond donors (Lipinski definition) is 2. The normalized spacial score (nSPS) is 17.5. The fourth-order valence-electron chi connectivity index (χ4n) is 10.3. The van der Waals surface area contributed by atoms with Crippen LogP contribution in [0.2, 0.25) is 0 Å². The van der Waals surface area contributed by atoms with Crippen LogP contribution in [0.15, 0.2) is 109 Å². The number of rotatable bonds is 22. The van der Waals surface area contributed by atoms with Crippen LogP contribution in [0.4, 0.5) is 0 Å². The Balaban J connectivity index is 1.18. The average molecular weight is 1010 g/mol. The molecule has 5 amide bonds. The maximum atomic E-state index is 14.6. The Morgan fingerprint density at radius 2 is 1.04 bits per heavy atom. The minimum absolute atomic E-state index is 0.0129. The molecule has 0 spiro atoms. The van der Waals surface area contributed by atoms with Gasteiger partial charge in [-0.05, 0) is 116 Å². The van der Waals surface area contributed by atoms with Gasteiger partial charge in [-0.3, -0.25) is 28.8 Å². The Kier molecular flexibility index (Phi) is 20.0. The lowest BCUT2D eigenvalue weighted by Crippen LogP contribution is -2.57. The van der Waals surface area contributed by atoms with Crippen LogP contribution in [0.3, 0.4) is 0 Å². The van der Waals surface area contributed by atoms with Gasteiger partial charge < -0.3 is 30.2 Å². The van der Waals surface area contributed by atoms with E-state index in [1.165, 1.54) is 0 Å². The van der Waals surface area contributed by atoms with E-state index in [0.29, 0.717) is 69.7 Å². The van der Waals surface area contributed by atoms with E-state index in [0.717, 1.165) is 47.9 Å². The first-order chi connectivity index (χ1) is 35.2. The largest absolute Gasteiger partial charge is 0.344 e. The summed E-state index contributed by atoms with van der Waals surface area (Å²) in [5, 5.41) is 6.10. The molecule has 0 bridgehead atoms. The molecule has 6 rings (SSSR count). The van der Waals surface area contributed by atoms with Crippen LogP contribution >= 0.6 is 0 Å². The first-order valence-electron chi connectivity index (χ1n) is 27.2. The summed E-state index contributed by atoms with van der Waals surface area (Å²) in [6.45, 7) is 20.5. The van der Waals surface area contributed by atoms with Gasteiger partial charge in [-0.25, -0.2) is 0 Å². The van der Waals surface area contributed by atoms with Gasteiger partial charge in [-0.15, -0.1) is 0 Å². The summed E-state index contributed by atoms with van der Waals surface area (Å²) in [6.07, 6.45) is 5.34. The van der Waals surface area contributed by atoms with Crippen molar-refractivity contribution in [3.8, 4) is 11.1 Å². The lowest BCUT2D eigenvalue weighted by atomic mass is 9.76. The zero-order valence-electron chi connectivity index (χ0n) is 46.0. The van der Waals surface area contributed by atoms with Crippen LogP contribution in [-0.2, 0) is 32.0 Å². The molecule has 0 aliphatic carbocycles. The molecule has 12 heteroatoms. The summed E-state index contributed by atoms with van der Waals surface area (Å²) in [7, 11) is 1.76. The fraction of sp³-hybridized carbons (Fsp3) is 0.516. The molecule has 398 valence electrons. The number of Topliss-reactive ketones (excluding diaryl/α,β-unsaturated/α-hetero) is 1. The van der Waals surface area contributed by atoms with E-state index >= 15 is 0 Å². The monoisotopic (exact) mass is 1010 g/mol. The van der Waals surface area contributed by atoms with Crippen LogP contribution in [0.25, 0.3) is 11.1 Å². The molecule has 0 unspecified atom stereocenters. The summed E-state index contributed by atoms with van der Waals surface area (Å²) >= 11 is 0. The number of likely N-dealkylation sites (N-methyl/N-ethyl adjacent to an activating group) is 1. The molecule has 2 aliphatic heterocycles. The van der Waals surface area contributed by atoms with Gasteiger partial charge in [-0.2, -0.15) is 0 Å². The van der Waals surface area contributed by atoms with E-state index in [4.69, 9.17) is 0 Å². The van der Waals surface area contributed by atoms with Gasteiger partial charge in [0, 0.05) is 80.7 Å². The summed E-state index contributed by atoms with van der Waals surface area (Å²) < 4.78 is 0. The van der Waals surface area contributed by atoms with Crippen LogP contribution < -0.4 is 10.6 Å². The van der Waals surface area contributed by atoms with Crippen LogP contribution in [0, 0.1) is 22.7 Å². The number of nitrogens with one attached hydrogen (secondary N) is 2. The van der Waals surface area contributed by atoms with E-state index in [9.17, 15) is 28.8 Å². The van der Waals surface area contributed by atoms with Gasteiger partial charge >= 0.3 is 0 Å². The molecule has 2 aliphatic rings. The molecular formula is C62H84N6O6. The number of likely N-dealkylation sites (tertiary alicyclic amines) is 2. The molecule has 2 saturated heterocycles. The number of benzene rings is 4. The molecule has 4 aromatic carbocycles. The number of hydrogen-bond acceptors (Lipinski definition) is 7. The Labute approximate surface area is 442 Å². The van der Waals surface area contributed by atoms with Crippen molar-refractivity contribution in [2.45, 2.75) is 138 Å². The third kappa shape index (κ3) is 15.0. The van der Waals surface area contributed by atoms with Crippen molar-refractivity contribution >= 4 is 35.3 Å². The molecule has 0 aromatic heterocycles. The average Bonchev–Trinajstić information content (AvgIpc) is 4.08. The maximum absolute atomic E-state index is 14.6. The highest BCUT2D eigenvalue weighted by molar-refractivity contribution is 5.96. The van der Waals surface area contributed by atoms with Gasteiger partial charge in [-0.1, -0.05) is 140 Å². The third-order valence-electron chi connectivity index (χ3n) is 15.5. The molecule has 2 heterocycles. The second-order valence-electron chi connectivity index (χ2n) is 23.0. The van der Waals surface area contributed by atoms with Gasteiger partial charge in [0.2, 0.25) is 17.7 Å². The lowest BCUT2D eigenvalue weighted by molar-refractivity contribution is -0.143. The first-order valence-corrected chi connectivity index (χ1v) is 27.2. The van der Waals surface area contributed by atoms with Crippen molar-refractivity contribution in [1.29, 1.82) is 0 Å². The smallest absolute Gasteiger partial charge is 0.253 e. The predicted octanol–water partition coefficient (Wildman–Crippen LogP) is 9.51. The molecule has 74 heavy (non-hydrogen) atoms. The van der Waals surface area contributed by atoms with Gasteiger partial charge in [0.15, 0.2) is 0 Å². The Morgan fingerprint density at radius 1 is 0.608 bits per heavy atom. The Morgan fingerprint density at radius 3 is 1.43 bits per heavy atom. The summed E-state index contributed by atoms with van der Waals surface area (Å²) in [5.74, 6) is -1.16. The number of carbonyl (C=O) groups is 6. The highest BCUT2D eigenvalue weighted by atomic mass is 16.2. The number of ketones is 1. The van der Waals surface area contributed by atoms with Crippen molar-refractivity contribution in [3.05, 3.63) is 131 Å². The Hall–Kier alpha value is -6.14. The zero-order chi connectivity index (χ0) is 53.7. The van der Waals surface area contributed by atoms with E-state index in [1.807, 2.05) is 167 Å². The predicted molar refractivity (Wildman–Crippen MR) is 295 cm³/mol. The van der Waals surface area contributed by atoms with Gasteiger partial charge in [0.25, 0.3) is 11.8 Å². The Bertz CT molecular complexity index is 2330. The molecule has 6 atom stereocenters. The quantitative estimate of drug-likeness (QED) is 0.0800. The highest BCUT2D eigenvalue weighted by Crippen LogP contribution is 2.34. The van der Waals surface area contributed by atoms with E-state index in [-0.39, 0.29) is 65.8 Å². The van der Waals surface area contributed by atoms with Crippen molar-refractivity contribution in [2.75, 3.05) is 46.3 Å². The molecule has 4 aromatic rings. The number of amides is 5. The molecule has 0 radical (unpaired) electrons. The molecule has 12 nitrogen and oxygen atoms in total. The topological polar surface area (TPSA) is 139 Å². The van der Waals surface area contributed by atoms with E-state index in [2.05, 4.69) is 34.9 Å². The van der Waals surface area contributed by atoms with Crippen molar-refractivity contribution < 1.29 is 28.8 Å².